The summed E-state index contributed by atoms with van der Waals surface area (Å²) in [5.74, 6) is 0. The molecule has 0 fully saturated rings. The highest BCUT2D eigenvalue weighted by atomic mass is 79.9. The molecule has 0 amide bonds. The molecule has 100 valence electrons. The molecule has 3 rings (SSSR count). The standard InChI is InChI=1S/C15H18BrN3/c1-19-10-18-14-8-9-17-13(15(14)19)7-6-11-4-2-3-5-12(11)16/h2-5,10,13,17H,6-9H2,1H3. The minimum Gasteiger partial charge on any atom is -0.336 e. The fourth-order valence-electron chi connectivity index (χ4n) is 2.83. The van der Waals surface area contributed by atoms with Crippen LogP contribution in [0.25, 0.3) is 0 Å². The maximum atomic E-state index is 4.49. The Morgan fingerprint density at radius 2 is 2.26 bits per heavy atom. The summed E-state index contributed by atoms with van der Waals surface area (Å²) >= 11 is 3.62. The second-order valence-corrected chi connectivity index (χ2v) is 5.93. The highest BCUT2D eigenvalue weighted by Gasteiger charge is 2.23. The molecule has 0 saturated carbocycles. The summed E-state index contributed by atoms with van der Waals surface area (Å²) in [4.78, 5) is 4.49. The van der Waals surface area contributed by atoms with Crippen LogP contribution >= 0.6 is 15.9 Å². The average molecular weight is 320 g/mol. The van der Waals surface area contributed by atoms with E-state index in [9.17, 15) is 0 Å². The van der Waals surface area contributed by atoms with Crippen molar-refractivity contribution in [1.82, 2.24) is 14.9 Å². The zero-order valence-electron chi connectivity index (χ0n) is 11.1. The van der Waals surface area contributed by atoms with E-state index in [4.69, 9.17) is 0 Å². The van der Waals surface area contributed by atoms with Crippen molar-refractivity contribution >= 4 is 15.9 Å². The third-order valence-corrected chi connectivity index (χ3v) is 4.58. The molecule has 1 aliphatic rings. The molecule has 0 aliphatic carbocycles. The summed E-state index contributed by atoms with van der Waals surface area (Å²) in [6, 6.07) is 8.88. The van der Waals surface area contributed by atoms with E-state index in [0.29, 0.717) is 6.04 Å². The van der Waals surface area contributed by atoms with Crippen molar-refractivity contribution in [3.63, 3.8) is 0 Å². The van der Waals surface area contributed by atoms with Gasteiger partial charge >= 0.3 is 0 Å². The number of rotatable bonds is 3. The van der Waals surface area contributed by atoms with E-state index in [0.717, 1.165) is 25.8 Å². The number of aromatic nitrogens is 2. The lowest BCUT2D eigenvalue weighted by Gasteiger charge is -2.25. The third-order valence-electron chi connectivity index (χ3n) is 3.81. The molecular weight excluding hydrogens is 302 g/mol. The first-order chi connectivity index (χ1) is 9.25. The molecule has 3 nitrogen and oxygen atoms in total. The molecule has 1 atom stereocenters. The fourth-order valence-corrected chi connectivity index (χ4v) is 3.31. The van der Waals surface area contributed by atoms with Crippen LogP contribution in [-0.4, -0.2) is 16.1 Å². The van der Waals surface area contributed by atoms with Gasteiger partial charge in [-0.2, -0.15) is 0 Å². The van der Waals surface area contributed by atoms with Gasteiger partial charge in [0.1, 0.15) is 0 Å². The van der Waals surface area contributed by atoms with Crippen molar-refractivity contribution < 1.29 is 0 Å². The largest absolute Gasteiger partial charge is 0.336 e. The van der Waals surface area contributed by atoms with E-state index in [1.165, 1.54) is 21.4 Å². The minimum atomic E-state index is 0.420. The van der Waals surface area contributed by atoms with Crippen LogP contribution in [-0.2, 0) is 19.9 Å². The monoisotopic (exact) mass is 319 g/mol. The van der Waals surface area contributed by atoms with E-state index in [2.05, 4.69) is 62.1 Å². The molecule has 2 heterocycles. The van der Waals surface area contributed by atoms with Gasteiger partial charge in [0.05, 0.1) is 17.7 Å². The van der Waals surface area contributed by atoms with Gasteiger partial charge < -0.3 is 9.88 Å². The van der Waals surface area contributed by atoms with E-state index >= 15 is 0 Å². The molecule has 1 aromatic heterocycles. The van der Waals surface area contributed by atoms with E-state index in [1.54, 1.807) is 0 Å². The first-order valence-corrected chi connectivity index (χ1v) is 7.52. The van der Waals surface area contributed by atoms with Crippen LogP contribution in [0, 0.1) is 0 Å². The number of hydrogen-bond acceptors (Lipinski definition) is 2. The Kier molecular flexibility index (Phi) is 3.71. The van der Waals surface area contributed by atoms with E-state index in [1.807, 2.05) is 6.33 Å². The summed E-state index contributed by atoms with van der Waals surface area (Å²) in [6.07, 6.45) is 5.16. The van der Waals surface area contributed by atoms with Gasteiger partial charge in [0.2, 0.25) is 0 Å². The lowest BCUT2D eigenvalue weighted by molar-refractivity contribution is 0.451. The van der Waals surface area contributed by atoms with Crippen LogP contribution in [0.2, 0.25) is 0 Å². The van der Waals surface area contributed by atoms with E-state index in [-0.39, 0.29) is 0 Å². The Morgan fingerprint density at radius 3 is 3.11 bits per heavy atom. The third kappa shape index (κ3) is 2.60. The van der Waals surface area contributed by atoms with Crippen molar-refractivity contribution in [3.05, 3.63) is 52.0 Å². The number of imidazole rings is 1. The predicted octanol–water partition coefficient (Wildman–Crippen LogP) is 3.00. The molecule has 0 spiro atoms. The zero-order chi connectivity index (χ0) is 13.2. The van der Waals surface area contributed by atoms with Gasteiger partial charge in [-0.3, -0.25) is 0 Å². The lowest BCUT2D eigenvalue weighted by Crippen LogP contribution is -2.31. The topological polar surface area (TPSA) is 29.9 Å². The molecule has 1 aromatic carbocycles. The van der Waals surface area contributed by atoms with Crippen LogP contribution in [0.1, 0.15) is 29.4 Å². The Bertz CT molecular complexity index is 577. The Balaban J connectivity index is 1.75. The molecule has 0 radical (unpaired) electrons. The number of benzene rings is 1. The minimum absolute atomic E-state index is 0.420. The summed E-state index contributed by atoms with van der Waals surface area (Å²) in [5.41, 5.74) is 4.00. The number of nitrogens with zero attached hydrogens (tertiary/aromatic N) is 2. The van der Waals surface area contributed by atoms with Crippen LogP contribution in [0.4, 0.5) is 0 Å². The zero-order valence-corrected chi connectivity index (χ0v) is 12.7. The van der Waals surface area contributed by atoms with Crippen LogP contribution in [0.5, 0.6) is 0 Å². The molecular formula is C15H18BrN3. The maximum Gasteiger partial charge on any atom is 0.0949 e. The summed E-state index contributed by atoms with van der Waals surface area (Å²) in [6.45, 7) is 1.03. The van der Waals surface area contributed by atoms with Crippen molar-refractivity contribution in [3.8, 4) is 0 Å². The fraction of sp³-hybridized carbons (Fsp3) is 0.400. The van der Waals surface area contributed by atoms with Crippen molar-refractivity contribution in [2.24, 2.45) is 7.05 Å². The van der Waals surface area contributed by atoms with Crippen LogP contribution in [0.3, 0.4) is 0 Å². The number of hydrogen-bond donors (Lipinski definition) is 1. The number of halogens is 1. The number of fused-ring (bicyclic) bond motifs is 1. The summed E-state index contributed by atoms with van der Waals surface area (Å²) in [5, 5.41) is 3.62. The van der Waals surface area contributed by atoms with Gasteiger partial charge in [-0.05, 0) is 24.5 Å². The Morgan fingerprint density at radius 1 is 1.42 bits per heavy atom. The van der Waals surface area contributed by atoms with Crippen LogP contribution < -0.4 is 5.32 Å². The average Bonchev–Trinajstić information content (AvgIpc) is 2.80. The van der Waals surface area contributed by atoms with Gasteiger partial charge in [0.15, 0.2) is 0 Å². The Labute approximate surface area is 122 Å². The smallest absolute Gasteiger partial charge is 0.0949 e. The van der Waals surface area contributed by atoms with Crippen LogP contribution in [0.15, 0.2) is 35.1 Å². The van der Waals surface area contributed by atoms with Gasteiger partial charge in [0.25, 0.3) is 0 Å². The second kappa shape index (κ2) is 5.47. The molecule has 19 heavy (non-hydrogen) atoms. The second-order valence-electron chi connectivity index (χ2n) is 5.07. The first kappa shape index (κ1) is 12.9. The molecule has 1 aliphatic heterocycles. The Hall–Kier alpha value is -1.13. The number of aryl methyl sites for hydroxylation is 2. The lowest BCUT2D eigenvalue weighted by atomic mass is 9.98. The number of nitrogens with one attached hydrogen (secondary N) is 1. The highest BCUT2D eigenvalue weighted by molar-refractivity contribution is 9.10. The van der Waals surface area contributed by atoms with Gasteiger partial charge in [-0.15, -0.1) is 0 Å². The molecule has 1 N–H and O–H groups in total. The maximum absolute atomic E-state index is 4.49. The van der Waals surface area contributed by atoms with Crippen molar-refractivity contribution in [1.29, 1.82) is 0 Å². The summed E-state index contributed by atoms with van der Waals surface area (Å²) < 4.78 is 3.36. The molecule has 0 saturated heterocycles. The first-order valence-electron chi connectivity index (χ1n) is 6.72. The quantitative estimate of drug-likeness (QED) is 0.942. The molecule has 0 bridgehead atoms. The van der Waals surface area contributed by atoms with Gasteiger partial charge in [0, 0.05) is 30.5 Å². The van der Waals surface area contributed by atoms with Crippen molar-refractivity contribution in [2.75, 3.05) is 6.54 Å². The van der Waals surface area contributed by atoms with E-state index < -0.39 is 0 Å². The van der Waals surface area contributed by atoms with Gasteiger partial charge in [-0.1, -0.05) is 34.1 Å². The molecule has 1 unspecified atom stereocenters. The van der Waals surface area contributed by atoms with Crippen molar-refractivity contribution in [2.45, 2.75) is 25.3 Å². The molecule has 2 aromatic rings. The normalized spacial score (nSPS) is 18.3. The van der Waals surface area contributed by atoms with Gasteiger partial charge in [-0.25, -0.2) is 4.98 Å². The molecule has 4 heteroatoms. The highest BCUT2D eigenvalue weighted by Crippen LogP contribution is 2.27. The SMILES string of the molecule is Cn1cnc2c1C(CCc1ccccc1Br)NCC2. The predicted molar refractivity (Wildman–Crippen MR) is 80.1 cm³/mol. The summed E-state index contributed by atoms with van der Waals surface area (Å²) in [7, 11) is 2.09.